The van der Waals surface area contributed by atoms with Crippen LogP contribution in [0.2, 0.25) is 0 Å². The van der Waals surface area contributed by atoms with Crippen LogP contribution in [0, 0.1) is 5.41 Å². The number of anilines is 2. The average molecular weight is 266 g/mol. The quantitative estimate of drug-likeness (QED) is 0.566. The molecule has 0 bridgehead atoms. The molecular weight excluding hydrogens is 244 g/mol. The first kappa shape index (κ1) is 14.9. The lowest BCUT2D eigenvalue weighted by Crippen LogP contribution is -2.19. The minimum atomic E-state index is 0.470. The predicted octanol–water partition coefficient (Wildman–Crippen LogP) is 2.70. The molecule has 1 rings (SSSR count). The minimum Gasteiger partial charge on any atom is -0.375 e. The first-order valence-electron chi connectivity index (χ1n) is 6.14. The molecule has 1 aromatic rings. The Morgan fingerprint density at radius 2 is 2.17 bits per heavy atom. The van der Waals surface area contributed by atoms with Crippen LogP contribution in [0.15, 0.2) is 18.2 Å². The second kappa shape index (κ2) is 7.28. The van der Waals surface area contributed by atoms with Crippen molar-refractivity contribution in [1.29, 1.82) is 5.41 Å². The van der Waals surface area contributed by atoms with Crippen LogP contribution >= 0.6 is 11.8 Å². The van der Waals surface area contributed by atoms with Gasteiger partial charge < -0.3 is 16.0 Å². The van der Waals surface area contributed by atoms with E-state index < -0.39 is 0 Å². The summed E-state index contributed by atoms with van der Waals surface area (Å²) in [6, 6.07) is 6.07. The van der Waals surface area contributed by atoms with Crippen molar-refractivity contribution in [2.45, 2.75) is 20.4 Å². The van der Waals surface area contributed by atoms with Gasteiger partial charge in [0.15, 0.2) is 5.17 Å². The standard InChI is InChI=1S/C13H22N4S/c1-4-17(3)12-7-6-11(8-10(12)9-14)16-13(15)18-5-2/h6-8H,4-5,9,14H2,1-3H3,(H2,15,16). The summed E-state index contributed by atoms with van der Waals surface area (Å²) in [5.41, 5.74) is 8.96. The maximum Gasteiger partial charge on any atom is 0.158 e. The molecule has 0 fully saturated rings. The Balaban J connectivity index is 2.88. The van der Waals surface area contributed by atoms with Gasteiger partial charge in [-0.15, -0.1) is 0 Å². The van der Waals surface area contributed by atoms with E-state index in [-0.39, 0.29) is 0 Å². The fraction of sp³-hybridized carbons (Fsp3) is 0.462. The van der Waals surface area contributed by atoms with Crippen LogP contribution < -0.4 is 16.0 Å². The Hall–Kier alpha value is -1.20. The lowest BCUT2D eigenvalue weighted by molar-refractivity contribution is 0.941. The van der Waals surface area contributed by atoms with Gasteiger partial charge in [-0.1, -0.05) is 18.7 Å². The van der Waals surface area contributed by atoms with Crippen LogP contribution in [-0.2, 0) is 6.54 Å². The first-order valence-corrected chi connectivity index (χ1v) is 7.13. The van der Waals surface area contributed by atoms with Gasteiger partial charge in [-0.2, -0.15) is 0 Å². The van der Waals surface area contributed by atoms with Crippen molar-refractivity contribution in [1.82, 2.24) is 0 Å². The van der Waals surface area contributed by atoms with E-state index in [1.165, 1.54) is 11.8 Å². The van der Waals surface area contributed by atoms with Crippen LogP contribution in [0.3, 0.4) is 0 Å². The second-order valence-corrected chi connectivity index (χ2v) is 5.22. The second-order valence-electron chi connectivity index (χ2n) is 3.95. The van der Waals surface area contributed by atoms with E-state index in [2.05, 4.69) is 30.3 Å². The molecule has 0 saturated heterocycles. The van der Waals surface area contributed by atoms with Gasteiger partial charge in [-0.3, -0.25) is 5.41 Å². The molecule has 0 amide bonds. The van der Waals surface area contributed by atoms with Gasteiger partial charge in [0.05, 0.1) is 0 Å². The molecule has 0 aliphatic heterocycles. The topological polar surface area (TPSA) is 65.1 Å². The monoisotopic (exact) mass is 266 g/mol. The molecule has 0 atom stereocenters. The van der Waals surface area contributed by atoms with Gasteiger partial charge in [0.2, 0.25) is 0 Å². The van der Waals surface area contributed by atoms with Crippen molar-refractivity contribution < 1.29 is 0 Å². The molecule has 0 saturated carbocycles. The zero-order valence-electron chi connectivity index (χ0n) is 11.3. The van der Waals surface area contributed by atoms with Crippen LogP contribution in [0.4, 0.5) is 11.4 Å². The van der Waals surface area contributed by atoms with E-state index in [1.807, 2.05) is 19.1 Å². The highest BCUT2D eigenvalue weighted by Gasteiger charge is 2.07. The highest BCUT2D eigenvalue weighted by atomic mass is 32.2. The zero-order chi connectivity index (χ0) is 13.5. The molecule has 100 valence electrons. The molecule has 0 aliphatic carbocycles. The summed E-state index contributed by atoms with van der Waals surface area (Å²) in [6.07, 6.45) is 0. The van der Waals surface area contributed by atoms with Crippen LogP contribution in [0.25, 0.3) is 0 Å². The highest BCUT2D eigenvalue weighted by Crippen LogP contribution is 2.23. The average Bonchev–Trinajstić information content (AvgIpc) is 2.38. The third-order valence-electron chi connectivity index (χ3n) is 2.73. The SMILES string of the molecule is CCSC(=N)Nc1ccc(N(C)CC)c(CN)c1. The number of nitrogens with one attached hydrogen (secondary N) is 2. The molecule has 0 aliphatic rings. The summed E-state index contributed by atoms with van der Waals surface area (Å²) >= 11 is 1.49. The largest absolute Gasteiger partial charge is 0.375 e. The lowest BCUT2D eigenvalue weighted by Gasteiger charge is -2.21. The molecule has 0 aromatic heterocycles. The summed E-state index contributed by atoms with van der Waals surface area (Å²) in [4.78, 5) is 2.16. The normalized spacial score (nSPS) is 10.2. The van der Waals surface area contributed by atoms with Crippen molar-refractivity contribution in [3.05, 3.63) is 23.8 Å². The number of thioether (sulfide) groups is 1. The van der Waals surface area contributed by atoms with E-state index in [1.54, 1.807) is 0 Å². The molecule has 0 spiro atoms. The Morgan fingerprint density at radius 1 is 1.44 bits per heavy atom. The molecule has 4 N–H and O–H groups in total. The maximum absolute atomic E-state index is 7.74. The molecule has 4 nitrogen and oxygen atoms in total. The smallest absolute Gasteiger partial charge is 0.158 e. The number of hydrogen-bond acceptors (Lipinski definition) is 4. The molecular formula is C13H22N4S. The number of benzene rings is 1. The van der Waals surface area contributed by atoms with E-state index in [4.69, 9.17) is 11.1 Å². The Labute approximate surface area is 113 Å². The molecule has 1 aromatic carbocycles. The van der Waals surface area contributed by atoms with Gasteiger partial charge in [-0.05, 0) is 36.4 Å². The van der Waals surface area contributed by atoms with E-state index in [9.17, 15) is 0 Å². The summed E-state index contributed by atoms with van der Waals surface area (Å²) in [5, 5.41) is 11.3. The Morgan fingerprint density at radius 3 is 2.72 bits per heavy atom. The number of rotatable bonds is 5. The lowest BCUT2D eigenvalue weighted by atomic mass is 10.1. The fourth-order valence-electron chi connectivity index (χ4n) is 1.68. The van der Waals surface area contributed by atoms with Crippen molar-refractivity contribution >= 4 is 28.3 Å². The van der Waals surface area contributed by atoms with Crippen LogP contribution in [-0.4, -0.2) is 24.5 Å². The minimum absolute atomic E-state index is 0.470. The molecule has 0 radical (unpaired) electrons. The van der Waals surface area contributed by atoms with Crippen molar-refractivity contribution in [2.75, 3.05) is 29.6 Å². The van der Waals surface area contributed by atoms with Crippen molar-refractivity contribution in [3.8, 4) is 0 Å². The van der Waals surface area contributed by atoms with Gasteiger partial charge >= 0.3 is 0 Å². The van der Waals surface area contributed by atoms with Crippen molar-refractivity contribution in [2.24, 2.45) is 5.73 Å². The fourth-order valence-corrected chi connectivity index (χ4v) is 2.16. The Kier molecular flexibility index (Phi) is 6.01. The first-order chi connectivity index (χ1) is 8.62. The van der Waals surface area contributed by atoms with E-state index in [0.29, 0.717) is 11.7 Å². The number of hydrogen-bond donors (Lipinski definition) is 3. The zero-order valence-corrected chi connectivity index (χ0v) is 12.1. The highest BCUT2D eigenvalue weighted by molar-refractivity contribution is 8.14. The van der Waals surface area contributed by atoms with Crippen LogP contribution in [0.1, 0.15) is 19.4 Å². The molecule has 18 heavy (non-hydrogen) atoms. The van der Waals surface area contributed by atoms with E-state index >= 15 is 0 Å². The van der Waals surface area contributed by atoms with Crippen molar-refractivity contribution in [3.63, 3.8) is 0 Å². The number of nitrogens with two attached hydrogens (primary N) is 1. The Bertz CT molecular complexity index is 406. The third kappa shape index (κ3) is 3.92. The maximum atomic E-state index is 7.74. The number of nitrogens with zero attached hydrogens (tertiary/aromatic N) is 1. The summed E-state index contributed by atoms with van der Waals surface area (Å²) in [5.74, 6) is 0.895. The van der Waals surface area contributed by atoms with E-state index in [0.717, 1.165) is 29.2 Å². The summed E-state index contributed by atoms with van der Waals surface area (Å²) in [6.45, 7) is 5.59. The van der Waals surface area contributed by atoms with Gasteiger partial charge in [0, 0.05) is 31.5 Å². The van der Waals surface area contributed by atoms with Gasteiger partial charge in [0.1, 0.15) is 0 Å². The summed E-state index contributed by atoms with van der Waals surface area (Å²) in [7, 11) is 2.05. The van der Waals surface area contributed by atoms with Crippen LogP contribution in [0.5, 0.6) is 0 Å². The molecule has 5 heteroatoms. The predicted molar refractivity (Wildman–Crippen MR) is 82.8 cm³/mol. The molecule has 0 heterocycles. The third-order valence-corrected chi connectivity index (χ3v) is 3.41. The van der Waals surface area contributed by atoms with Gasteiger partial charge in [-0.25, -0.2) is 0 Å². The number of amidine groups is 1. The summed E-state index contributed by atoms with van der Waals surface area (Å²) < 4.78 is 0. The molecule has 0 unspecified atom stereocenters. The van der Waals surface area contributed by atoms with Gasteiger partial charge in [0.25, 0.3) is 0 Å².